The fourth-order valence-electron chi connectivity index (χ4n) is 3.86. The monoisotopic (exact) mass is 280 g/mol. The van der Waals surface area contributed by atoms with Gasteiger partial charge in [-0.25, -0.2) is 0 Å². The number of likely N-dealkylation sites (tertiary alicyclic amines) is 2. The van der Waals surface area contributed by atoms with E-state index in [-0.39, 0.29) is 5.92 Å². The molecule has 0 bridgehead atoms. The van der Waals surface area contributed by atoms with Crippen molar-refractivity contribution in [3.63, 3.8) is 0 Å². The van der Waals surface area contributed by atoms with Crippen LogP contribution in [-0.2, 0) is 4.79 Å². The molecule has 0 aliphatic carbocycles. The zero-order valence-corrected chi connectivity index (χ0v) is 13.8. The van der Waals surface area contributed by atoms with E-state index in [1.54, 1.807) is 0 Å². The average molecular weight is 280 g/mol. The molecular weight excluding hydrogens is 248 g/mol. The van der Waals surface area contributed by atoms with Crippen LogP contribution < -0.4 is 0 Å². The van der Waals surface area contributed by atoms with Crippen molar-refractivity contribution in [1.29, 1.82) is 0 Å². The Morgan fingerprint density at radius 1 is 0.850 bits per heavy atom. The van der Waals surface area contributed by atoms with Crippen LogP contribution >= 0.6 is 0 Å². The highest BCUT2D eigenvalue weighted by Gasteiger charge is 2.31. The molecule has 1 amide bonds. The third-order valence-corrected chi connectivity index (χ3v) is 5.32. The van der Waals surface area contributed by atoms with Crippen molar-refractivity contribution in [2.24, 2.45) is 17.8 Å². The summed E-state index contributed by atoms with van der Waals surface area (Å²) < 4.78 is 0. The van der Waals surface area contributed by atoms with Crippen LogP contribution in [0.15, 0.2) is 0 Å². The van der Waals surface area contributed by atoms with Crippen molar-refractivity contribution in [2.45, 2.75) is 59.4 Å². The molecule has 0 aromatic heterocycles. The number of carbonyl (C=O) groups excluding carboxylic acids is 1. The Hall–Kier alpha value is -0.570. The van der Waals surface area contributed by atoms with Gasteiger partial charge in [-0.15, -0.1) is 0 Å². The van der Waals surface area contributed by atoms with Crippen LogP contribution in [0.1, 0.15) is 53.4 Å². The smallest absolute Gasteiger partial charge is 0.225 e. The van der Waals surface area contributed by atoms with Crippen molar-refractivity contribution in [2.75, 3.05) is 26.2 Å². The van der Waals surface area contributed by atoms with Gasteiger partial charge in [0.15, 0.2) is 0 Å². The van der Waals surface area contributed by atoms with Crippen molar-refractivity contribution < 1.29 is 4.79 Å². The second kappa shape index (κ2) is 6.93. The Balaban J connectivity index is 1.76. The van der Waals surface area contributed by atoms with Crippen LogP contribution in [0.3, 0.4) is 0 Å². The van der Waals surface area contributed by atoms with Crippen molar-refractivity contribution in [3.8, 4) is 0 Å². The topological polar surface area (TPSA) is 23.6 Å². The lowest BCUT2D eigenvalue weighted by Gasteiger charge is -2.41. The number of nitrogens with zero attached hydrogens (tertiary/aromatic N) is 2. The largest absolute Gasteiger partial charge is 0.342 e. The SMILES string of the molecule is CC(C)C(=O)N1CCC(C2CCN(C(C)C)CC2)CC1. The third kappa shape index (κ3) is 3.75. The molecule has 0 saturated carbocycles. The summed E-state index contributed by atoms with van der Waals surface area (Å²) >= 11 is 0. The molecule has 0 unspecified atom stereocenters. The molecule has 0 radical (unpaired) electrons. The highest BCUT2D eigenvalue weighted by molar-refractivity contribution is 5.78. The van der Waals surface area contributed by atoms with Gasteiger partial charge >= 0.3 is 0 Å². The Bertz CT molecular complexity index is 311. The fourth-order valence-corrected chi connectivity index (χ4v) is 3.86. The highest BCUT2D eigenvalue weighted by Crippen LogP contribution is 2.33. The molecule has 3 heteroatoms. The molecule has 2 saturated heterocycles. The Morgan fingerprint density at radius 2 is 1.30 bits per heavy atom. The molecule has 20 heavy (non-hydrogen) atoms. The van der Waals surface area contributed by atoms with Crippen LogP contribution in [-0.4, -0.2) is 47.9 Å². The Labute approximate surface area is 124 Å². The van der Waals surface area contributed by atoms with Gasteiger partial charge < -0.3 is 9.80 Å². The van der Waals surface area contributed by atoms with Gasteiger partial charge in [-0.05, 0) is 64.5 Å². The van der Waals surface area contributed by atoms with Crippen molar-refractivity contribution >= 4 is 5.91 Å². The molecule has 2 heterocycles. The number of rotatable bonds is 3. The van der Waals surface area contributed by atoms with Gasteiger partial charge in [0.2, 0.25) is 5.91 Å². The van der Waals surface area contributed by atoms with E-state index in [0.717, 1.165) is 24.9 Å². The number of carbonyl (C=O) groups is 1. The summed E-state index contributed by atoms with van der Waals surface area (Å²) in [6.45, 7) is 13.2. The van der Waals surface area contributed by atoms with Crippen LogP contribution in [0.4, 0.5) is 0 Å². The van der Waals surface area contributed by atoms with Gasteiger partial charge in [-0.2, -0.15) is 0 Å². The predicted octanol–water partition coefficient (Wildman–Crippen LogP) is 3.00. The molecule has 2 rings (SSSR count). The summed E-state index contributed by atoms with van der Waals surface area (Å²) in [6, 6.07) is 0.696. The van der Waals surface area contributed by atoms with Gasteiger partial charge in [-0.3, -0.25) is 4.79 Å². The van der Waals surface area contributed by atoms with E-state index in [2.05, 4.69) is 23.6 Å². The van der Waals surface area contributed by atoms with Crippen LogP contribution in [0, 0.1) is 17.8 Å². The fraction of sp³-hybridized carbons (Fsp3) is 0.941. The van der Waals surface area contributed by atoms with E-state index in [4.69, 9.17) is 0 Å². The molecule has 0 spiro atoms. The summed E-state index contributed by atoms with van der Waals surface area (Å²) in [6.07, 6.45) is 5.18. The zero-order chi connectivity index (χ0) is 14.7. The van der Waals surface area contributed by atoms with Gasteiger partial charge in [0.05, 0.1) is 0 Å². The summed E-state index contributed by atoms with van der Waals surface area (Å²) in [5, 5.41) is 0. The first-order valence-electron chi connectivity index (χ1n) is 8.52. The van der Waals surface area contributed by atoms with E-state index < -0.39 is 0 Å². The maximum Gasteiger partial charge on any atom is 0.225 e. The van der Waals surface area contributed by atoms with E-state index in [1.165, 1.54) is 38.8 Å². The summed E-state index contributed by atoms with van der Waals surface area (Å²) in [5.41, 5.74) is 0. The van der Waals surface area contributed by atoms with Crippen LogP contribution in [0.5, 0.6) is 0 Å². The standard InChI is InChI=1S/C17H32N2O/c1-13(2)17(20)19-11-7-16(8-12-19)15-5-9-18(10-6-15)14(3)4/h13-16H,5-12H2,1-4H3. The molecule has 0 atom stereocenters. The number of hydrogen-bond donors (Lipinski definition) is 0. The number of hydrogen-bond acceptors (Lipinski definition) is 2. The van der Waals surface area contributed by atoms with Gasteiger partial charge in [0.25, 0.3) is 0 Å². The quantitative estimate of drug-likeness (QED) is 0.793. The normalized spacial score (nSPS) is 23.8. The molecule has 116 valence electrons. The second-order valence-electron chi connectivity index (χ2n) is 7.28. The predicted molar refractivity (Wildman–Crippen MR) is 83.6 cm³/mol. The molecule has 0 aromatic carbocycles. The molecule has 0 N–H and O–H groups in total. The number of piperidine rings is 2. The Kier molecular flexibility index (Phi) is 5.48. The van der Waals surface area contributed by atoms with E-state index in [1.807, 2.05) is 13.8 Å². The summed E-state index contributed by atoms with van der Waals surface area (Å²) in [7, 11) is 0. The summed E-state index contributed by atoms with van der Waals surface area (Å²) in [5.74, 6) is 2.26. The summed E-state index contributed by atoms with van der Waals surface area (Å²) in [4.78, 5) is 16.7. The second-order valence-corrected chi connectivity index (χ2v) is 7.28. The lowest BCUT2D eigenvalue weighted by molar-refractivity contribution is -0.136. The lowest BCUT2D eigenvalue weighted by Crippen LogP contribution is -2.44. The molecule has 0 aromatic rings. The van der Waals surface area contributed by atoms with E-state index >= 15 is 0 Å². The van der Waals surface area contributed by atoms with Crippen molar-refractivity contribution in [3.05, 3.63) is 0 Å². The first-order chi connectivity index (χ1) is 9.49. The zero-order valence-electron chi connectivity index (χ0n) is 13.8. The average Bonchev–Trinajstić information content (AvgIpc) is 2.46. The first kappa shape index (κ1) is 15.8. The molecular formula is C17H32N2O. The highest BCUT2D eigenvalue weighted by atomic mass is 16.2. The van der Waals surface area contributed by atoms with Gasteiger partial charge in [0, 0.05) is 25.0 Å². The minimum atomic E-state index is 0.154. The van der Waals surface area contributed by atoms with Gasteiger partial charge in [-0.1, -0.05) is 13.8 Å². The first-order valence-corrected chi connectivity index (χ1v) is 8.52. The van der Waals surface area contributed by atoms with Crippen LogP contribution in [0.2, 0.25) is 0 Å². The molecule has 3 nitrogen and oxygen atoms in total. The Morgan fingerprint density at radius 3 is 1.70 bits per heavy atom. The van der Waals surface area contributed by atoms with E-state index in [0.29, 0.717) is 11.9 Å². The molecule has 2 aliphatic heterocycles. The maximum atomic E-state index is 12.0. The minimum Gasteiger partial charge on any atom is -0.342 e. The minimum absolute atomic E-state index is 0.154. The maximum absolute atomic E-state index is 12.0. The van der Waals surface area contributed by atoms with Gasteiger partial charge in [0.1, 0.15) is 0 Å². The van der Waals surface area contributed by atoms with E-state index in [9.17, 15) is 4.79 Å². The lowest BCUT2D eigenvalue weighted by atomic mass is 9.78. The van der Waals surface area contributed by atoms with Crippen LogP contribution in [0.25, 0.3) is 0 Å². The number of amides is 1. The molecule has 2 aliphatic rings. The third-order valence-electron chi connectivity index (χ3n) is 5.32. The van der Waals surface area contributed by atoms with Crippen molar-refractivity contribution in [1.82, 2.24) is 9.80 Å². The molecule has 2 fully saturated rings.